The van der Waals surface area contributed by atoms with E-state index in [9.17, 15) is 10.2 Å². The van der Waals surface area contributed by atoms with Gasteiger partial charge >= 0.3 is 0 Å². The highest BCUT2D eigenvalue weighted by Gasteiger charge is 2.30. The first-order chi connectivity index (χ1) is 11.1. The van der Waals surface area contributed by atoms with Crippen LogP contribution in [0.4, 0.5) is 0 Å². The minimum Gasteiger partial charge on any atom is -0.391 e. The van der Waals surface area contributed by atoms with Crippen molar-refractivity contribution in [2.24, 2.45) is 0 Å². The molecule has 0 bridgehead atoms. The van der Waals surface area contributed by atoms with Gasteiger partial charge in [0, 0.05) is 6.42 Å². The molecule has 2 rings (SSSR count). The molecule has 0 spiro atoms. The molecule has 1 heterocycles. The lowest BCUT2D eigenvalue weighted by Crippen LogP contribution is -2.35. The average molecular weight is 312 g/mol. The molecule has 0 aliphatic carbocycles. The minimum atomic E-state index is -0.683. The molecule has 1 saturated heterocycles. The van der Waals surface area contributed by atoms with Crippen LogP contribution in [0, 0.1) is 0 Å². The number of aliphatic hydroxyl groups is 2. The summed E-state index contributed by atoms with van der Waals surface area (Å²) in [5, 5.41) is 19.7. The summed E-state index contributed by atoms with van der Waals surface area (Å²) in [6, 6.07) is 8.01. The number of hydrogen-bond acceptors (Lipinski definition) is 3. The molecule has 0 radical (unpaired) electrons. The molecule has 0 saturated carbocycles. The number of aliphatic hydroxyl groups excluding tert-OH is 2. The van der Waals surface area contributed by atoms with Gasteiger partial charge in [0.2, 0.25) is 0 Å². The molecule has 3 nitrogen and oxygen atoms in total. The van der Waals surface area contributed by atoms with Gasteiger partial charge in [-0.05, 0) is 23.1 Å². The molecule has 0 aromatic heterocycles. The standard InChI is InChI=1S/C20H24O3/c1-3-5-8-15(7-4-2)11-16-9-6-10-17(12-16)20-19(22)13-18(21)14-23-20/h3-10,12,18-22H,1-2,11,13-14H2/b8-5-,15-7+/t18?,19?,20-/m0/s1. The Labute approximate surface area is 137 Å². The summed E-state index contributed by atoms with van der Waals surface area (Å²) in [4.78, 5) is 0. The predicted molar refractivity (Wildman–Crippen MR) is 93.1 cm³/mol. The molecule has 0 amide bonds. The zero-order chi connectivity index (χ0) is 16.7. The average Bonchev–Trinajstić information content (AvgIpc) is 2.53. The molecular weight excluding hydrogens is 288 g/mol. The fourth-order valence-electron chi connectivity index (χ4n) is 2.75. The zero-order valence-electron chi connectivity index (χ0n) is 13.3. The second kappa shape index (κ2) is 8.63. The Bertz CT molecular complexity index is 601. The smallest absolute Gasteiger partial charge is 0.109 e. The van der Waals surface area contributed by atoms with Crippen molar-refractivity contribution < 1.29 is 14.9 Å². The number of ether oxygens (including phenoxy) is 1. The van der Waals surface area contributed by atoms with E-state index in [0.29, 0.717) is 6.42 Å². The minimum absolute atomic E-state index is 0.260. The molecule has 1 aromatic carbocycles. The largest absolute Gasteiger partial charge is 0.391 e. The van der Waals surface area contributed by atoms with Crippen molar-refractivity contribution in [1.29, 1.82) is 0 Å². The summed E-state index contributed by atoms with van der Waals surface area (Å²) in [5.74, 6) is 0. The molecule has 2 unspecified atom stereocenters. The lowest BCUT2D eigenvalue weighted by atomic mass is 9.94. The summed E-state index contributed by atoms with van der Waals surface area (Å²) in [5.41, 5.74) is 3.19. The van der Waals surface area contributed by atoms with E-state index in [-0.39, 0.29) is 12.7 Å². The fraction of sp³-hybridized carbons (Fsp3) is 0.300. The van der Waals surface area contributed by atoms with Crippen molar-refractivity contribution >= 4 is 0 Å². The van der Waals surface area contributed by atoms with Crippen LogP contribution in [0.2, 0.25) is 0 Å². The first kappa shape index (κ1) is 17.4. The third kappa shape index (κ3) is 5.03. The first-order valence-electron chi connectivity index (χ1n) is 7.81. The number of benzene rings is 1. The predicted octanol–water partition coefficient (Wildman–Crippen LogP) is 3.27. The van der Waals surface area contributed by atoms with Crippen LogP contribution in [0.15, 0.2) is 73.4 Å². The van der Waals surface area contributed by atoms with E-state index in [2.05, 4.69) is 13.2 Å². The van der Waals surface area contributed by atoms with E-state index < -0.39 is 12.2 Å². The molecule has 3 atom stereocenters. The Morgan fingerprint density at radius 3 is 2.78 bits per heavy atom. The Hall–Kier alpha value is -1.94. The molecule has 1 fully saturated rings. The van der Waals surface area contributed by atoms with Crippen molar-refractivity contribution in [2.45, 2.75) is 31.2 Å². The summed E-state index contributed by atoms with van der Waals surface area (Å²) in [6.45, 7) is 7.69. The normalized spacial score (nSPS) is 25.5. The van der Waals surface area contributed by atoms with Crippen LogP contribution in [0.1, 0.15) is 23.7 Å². The van der Waals surface area contributed by atoms with Crippen molar-refractivity contribution in [3.63, 3.8) is 0 Å². The van der Waals surface area contributed by atoms with E-state index in [1.165, 1.54) is 0 Å². The van der Waals surface area contributed by atoms with Crippen LogP contribution < -0.4 is 0 Å². The number of hydrogen-bond donors (Lipinski definition) is 2. The third-order valence-corrected chi connectivity index (χ3v) is 3.80. The maximum absolute atomic E-state index is 10.1. The first-order valence-corrected chi connectivity index (χ1v) is 7.81. The van der Waals surface area contributed by atoms with Gasteiger partial charge in [0.1, 0.15) is 6.10 Å². The fourth-order valence-corrected chi connectivity index (χ4v) is 2.75. The van der Waals surface area contributed by atoms with Gasteiger partial charge in [-0.2, -0.15) is 0 Å². The van der Waals surface area contributed by atoms with Crippen LogP contribution >= 0.6 is 0 Å². The van der Waals surface area contributed by atoms with Gasteiger partial charge in [-0.15, -0.1) is 0 Å². The molecule has 23 heavy (non-hydrogen) atoms. The van der Waals surface area contributed by atoms with Crippen LogP contribution in [-0.2, 0) is 11.2 Å². The highest BCUT2D eigenvalue weighted by Crippen LogP contribution is 2.29. The van der Waals surface area contributed by atoms with Crippen molar-refractivity contribution in [2.75, 3.05) is 6.61 Å². The van der Waals surface area contributed by atoms with Crippen LogP contribution in [-0.4, -0.2) is 29.0 Å². The second-order valence-corrected chi connectivity index (χ2v) is 5.70. The van der Waals surface area contributed by atoms with Gasteiger partial charge in [-0.3, -0.25) is 0 Å². The van der Waals surface area contributed by atoms with Crippen molar-refractivity contribution in [3.05, 3.63) is 84.5 Å². The maximum atomic E-state index is 10.1. The molecule has 1 aliphatic rings. The highest BCUT2D eigenvalue weighted by atomic mass is 16.5. The zero-order valence-corrected chi connectivity index (χ0v) is 13.3. The molecule has 122 valence electrons. The molecule has 2 N–H and O–H groups in total. The Balaban J connectivity index is 2.16. The van der Waals surface area contributed by atoms with Gasteiger partial charge in [-0.1, -0.05) is 67.8 Å². The summed E-state index contributed by atoms with van der Waals surface area (Å²) >= 11 is 0. The van der Waals surface area contributed by atoms with E-state index in [0.717, 1.165) is 23.1 Å². The molecule has 1 aliphatic heterocycles. The Kier molecular flexibility index (Phi) is 6.53. The molecule has 1 aromatic rings. The Morgan fingerprint density at radius 1 is 1.26 bits per heavy atom. The second-order valence-electron chi connectivity index (χ2n) is 5.70. The van der Waals surface area contributed by atoms with Gasteiger partial charge < -0.3 is 14.9 Å². The lowest BCUT2D eigenvalue weighted by molar-refractivity contribution is -0.125. The summed E-state index contributed by atoms with van der Waals surface area (Å²) in [7, 11) is 0. The SMILES string of the molecule is C=C/C=C\C(=C/C=C)Cc1cccc([C@@H]2OCC(O)CC2O)c1. The highest BCUT2D eigenvalue weighted by molar-refractivity contribution is 5.34. The summed E-state index contributed by atoms with van der Waals surface area (Å²) < 4.78 is 5.60. The lowest BCUT2D eigenvalue weighted by Gasteiger charge is -2.31. The van der Waals surface area contributed by atoms with Gasteiger partial charge in [0.05, 0.1) is 18.8 Å². The van der Waals surface area contributed by atoms with Crippen molar-refractivity contribution in [1.82, 2.24) is 0 Å². The molecular formula is C20H24O3. The summed E-state index contributed by atoms with van der Waals surface area (Å²) in [6.07, 6.45) is 8.83. The van der Waals surface area contributed by atoms with Crippen molar-refractivity contribution in [3.8, 4) is 0 Å². The number of rotatable bonds is 6. The van der Waals surface area contributed by atoms with Crippen LogP contribution in [0.3, 0.4) is 0 Å². The van der Waals surface area contributed by atoms with E-state index in [1.54, 1.807) is 12.2 Å². The van der Waals surface area contributed by atoms with Gasteiger partial charge in [0.25, 0.3) is 0 Å². The van der Waals surface area contributed by atoms with Gasteiger partial charge in [0.15, 0.2) is 0 Å². The maximum Gasteiger partial charge on any atom is 0.109 e. The number of allylic oxidation sites excluding steroid dienone is 6. The van der Waals surface area contributed by atoms with Gasteiger partial charge in [-0.25, -0.2) is 0 Å². The Morgan fingerprint density at radius 2 is 2.09 bits per heavy atom. The van der Waals surface area contributed by atoms with E-state index in [4.69, 9.17) is 4.74 Å². The molecule has 3 heteroatoms. The van der Waals surface area contributed by atoms with E-state index >= 15 is 0 Å². The van der Waals surface area contributed by atoms with Crippen LogP contribution in [0.25, 0.3) is 0 Å². The van der Waals surface area contributed by atoms with E-state index in [1.807, 2.05) is 42.5 Å². The quantitative estimate of drug-likeness (QED) is 0.793. The topological polar surface area (TPSA) is 49.7 Å². The van der Waals surface area contributed by atoms with Crippen LogP contribution in [0.5, 0.6) is 0 Å². The monoisotopic (exact) mass is 312 g/mol. The third-order valence-electron chi connectivity index (χ3n) is 3.80.